The van der Waals surface area contributed by atoms with E-state index < -0.39 is 16.1 Å². The number of hydrogen-bond acceptors (Lipinski definition) is 5. The molecule has 0 amide bonds. The van der Waals surface area contributed by atoms with Crippen molar-refractivity contribution in [1.29, 1.82) is 0 Å². The molecule has 0 aliphatic carbocycles. The summed E-state index contributed by atoms with van der Waals surface area (Å²) >= 11 is 3.44. The molecular formula is C15H9I2O5S-. The van der Waals surface area contributed by atoms with E-state index in [1.807, 2.05) is 30.3 Å². The first-order chi connectivity index (χ1) is 10.8. The molecule has 8 heteroatoms. The highest BCUT2D eigenvalue weighted by Gasteiger charge is 2.15. The van der Waals surface area contributed by atoms with Crippen molar-refractivity contribution in [2.24, 2.45) is 0 Å². The van der Waals surface area contributed by atoms with Gasteiger partial charge in [0.15, 0.2) is 0 Å². The van der Waals surface area contributed by atoms with Crippen molar-refractivity contribution < 1.29 is 22.5 Å². The first kappa shape index (κ1) is 18.4. The summed E-state index contributed by atoms with van der Waals surface area (Å²) in [4.78, 5) is 11.5. The fourth-order valence-corrected chi connectivity index (χ4v) is 5.64. The number of carbonyl (C=O) groups is 1. The fraction of sp³-hybridized carbons (Fsp3) is 0. The van der Waals surface area contributed by atoms with E-state index in [0.717, 1.165) is 5.56 Å². The molecule has 0 aliphatic heterocycles. The number of rotatable bonds is 4. The maximum absolute atomic E-state index is 11.8. The third kappa shape index (κ3) is 5.26. The minimum atomic E-state index is -4.58. The number of carbonyl (C=O) groups excluding carboxylic acids is 1. The van der Waals surface area contributed by atoms with Gasteiger partial charge in [0, 0.05) is 13.2 Å². The minimum absolute atomic E-state index is 0.175. The van der Waals surface area contributed by atoms with Gasteiger partial charge in [0.25, 0.3) is 0 Å². The van der Waals surface area contributed by atoms with E-state index >= 15 is 0 Å². The second-order valence-corrected chi connectivity index (χ2v) is 7.98. The summed E-state index contributed by atoms with van der Waals surface area (Å²) in [6.45, 7) is 0. The lowest BCUT2D eigenvalue weighted by atomic mass is 10.2. The van der Waals surface area contributed by atoms with Gasteiger partial charge in [0.2, 0.25) is 0 Å². The van der Waals surface area contributed by atoms with Gasteiger partial charge in [-0.25, -0.2) is 13.2 Å². The molecule has 0 aromatic heterocycles. The average Bonchev–Trinajstić information content (AvgIpc) is 2.44. The second kappa shape index (κ2) is 7.73. The number of esters is 1. The predicted molar refractivity (Wildman–Crippen MR) is 101 cm³/mol. The number of ether oxygens (including phenoxy) is 1. The third-order valence-corrected chi connectivity index (χ3v) is 6.03. The Bertz CT molecular complexity index is 838. The highest BCUT2D eigenvalue weighted by atomic mass is 127. The molecule has 2 rings (SSSR count). The van der Waals surface area contributed by atoms with Gasteiger partial charge in [-0.1, -0.05) is 30.3 Å². The van der Waals surface area contributed by atoms with Crippen molar-refractivity contribution in [3.8, 4) is 5.75 Å². The molecule has 0 atom stereocenters. The highest BCUT2D eigenvalue weighted by Crippen LogP contribution is 2.29. The molecule has 2 aromatic carbocycles. The Balaban J connectivity index is 2.18. The van der Waals surface area contributed by atoms with Crippen molar-refractivity contribution in [2.45, 2.75) is 4.90 Å². The minimum Gasteiger partial charge on any atom is -0.744 e. The summed E-state index contributed by atoms with van der Waals surface area (Å²) in [6, 6.07) is 11.9. The van der Waals surface area contributed by atoms with Gasteiger partial charge in [0.05, 0.1) is 4.90 Å². The Morgan fingerprint density at radius 2 is 1.65 bits per heavy atom. The Morgan fingerprint density at radius 3 is 2.17 bits per heavy atom. The van der Waals surface area contributed by atoms with Crippen molar-refractivity contribution in [2.75, 3.05) is 0 Å². The molecule has 0 spiro atoms. The predicted octanol–water partition coefficient (Wildman–Crippen LogP) is 3.42. The SMILES string of the molecule is O=C(/C=C/c1ccccc1)Oc1cc(I)c(S(=O)(=O)[O-])c(I)c1. The maximum atomic E-state index is 11.8. The van der Waals surface area contributed by atoms with E-state index in [1.165, 1.54) is 18.2 Å². The van der Waals surface area contributed by atoms with Crippen LogP contribution in [0.5, 0.6) is 5.75 Å². The van der Waals surface area contributed by atoms with Gasteiger partial charge in [-0.05, 0) is 69.0 Å². The van der Waals surface area contributed by atoms with Crippen LogP contribution in [0.15, 0.2) is 53.4 Å². The van der Waals surface area contributed by atoms with Crippen LogP contribution in [0.3, 0.4) is 0 Å². The summed E-state index contributed by atoms with van der Waals surface area (Å²) in [5.74, 6) is -0.424. The Morgan fingerprint density at radius 1 is 1.09 bits per heavy atom. The molecule has 0 unspecified atom stereocenters. The van der Waals surface area contributed by atoms with Gasteiger partial charge in [0.1, 0.15) is 15.9 Å². The molecular weight excluding hydrogens is 546 g/mol. The molecule has 0 aliphatic rings. The van der Waals surface area contributed by atoms with Crippen molar-refractivity contribution in [3.05, 3.63) is 61.2 Å². The average molecular weight is 555 g/mol. The third-order valence-electron chi connectivity index (χ3n) is 2.65. The lowest BCUT2D eigenvalue weighted by Gasteiger charge is -2.13. The second-order valence-electron chi connectivity index (χ2n) is 4.34. The monoisotopic (exact) mass is 555 g/mol. The fourth-order valence-electron chi connectivity index (χ4n) is 1.71. The molecule has 120 valence electrons. The van der Waals surface area contributed by atoms with Crippen LogP contribution in [-0.2, 0) is 14.9 Å². The smallest absolute Gasteiger partial charge is 0.336 e. The van der Waals surface area contributed by atoms with E-state index in [4.69, 9.17) is 4.74 Å². The topological polar surface area (TPSA) is 83.5 Å². The zero-order chi connectivity index (χ0) is 17.0. The lowest BCUT2D eigenvalue weighted by Crippen LogP contribution is -2.08. The quantitative estimate of drug-likeness (QED) is 0.190. The summed E-state index contributed by atoms with van der Waals surface area (Å²) in [7, 11) is -4.58. The number of hydrogen-bond donors (Lipinski definition) is 0. The zero-order valence-electron chi connectivity index (χ0n) is 11.4. The summed E-state index contributed by atoms with van der Waals surface area (Å²) in [5.41, 5.74) is 0.849. The lowest BCUT2D eigenvalue weighted by molar-refractivity contribution is -0.128. The Kier molecular flexibility index (Phi) is 6.17. The summed E-state index contributed by atoms with van der Waals surface area (Å²) in [5, 5.41) is 0. The first-order valence-electron chi connectivity index (χ1n) is 6.17. The zero-order valence-corrected chi connectivity index (χ0v) is 16.5. The Hall–Kier alpha value is -0.980. The van der Waals surface area contributed by atoms with E-state index in [0.29, 0.717) is 0 Å². The van der Waals surface area contributed by atoms with Gasteiger partial charge in [-0.2, -0.15) is 0 Å². The largest absolute Gasteiger partial charge is 0.744 e. The maximum Gasteiger partial charge on any atom is 0.336 e. The number of halogens is 2. The van der Waals surface area contributed by atoms with Crippen LogP contribution < -0.4 is 4.74 Å². The number of benzene rings is 2. The molecule has 2 aromatic rings. The molecule has 0 radical (unpaired) electrons. The van der Waals surface area contributed by atoms with E-state index in [2.05, 4.69) is 0 Å². The van der Waals surface area contributed by atoms with Gasteiger partial charge in [-0.15, -0.1) is 0 Å². The molecule has 0 heterocycles. The van der Waals surface area contributed by atoms with Crippen LogP contribution in [0.2, 0.25) is 0 Å². The van der Waals surface area contributed by atoms with Crippen LogP contribution in [0, 0.1) is 7.14 Å². The van der Waals surface area contributed by atoms with Crippen LogP contribution in [0.1, 0.15) is 5.56 Å². The van der Waals surface area contributed by atoms with Crippen molar-refractivity contribution in [1.82, 2.24) is 0 Å². The van der Waals surface area contributed by atoms with Gasteiger partial charge < -0.3 is 9.29 Å². The summed E-state index contributed by atoms with van der Waals surface area (Å²) < 4.78 is 39.1. The highest BCUT2D eigenvalue weighted by molar-refractivity contribution is 14.1. The standard InChI is InChI=1S/C15H10I2O5S/c16-12-8-11(9-13(17)15(12)23(19,20)21)22-14(18)7-6-10-4-2-1-3-5-10/h1-9H,(H,19,20,21)/p-1/b7-6+. The van der Waals surface area contributed by atoms with Crippen LogP contribution in [-0.4, -0.2) is 18.9 Å². The Labute approximate surface area is 160 Å². The molecule has 0 bridgehead atoms. The molecule has 0 saturated heterocycles. The normalized spacial score (nSPS) is 11.6. The van der Waals surface area contributed by atoms with Crippen LogP contribution in [0.4, 0.5) is 0 Å². The molecule has 0 saturated carbocycles. The molecule has 0 fully saturated rings. The molecule has 5 nitrogen and oxygen atoms in total. The van der Waals surface area contributed by atoms with Crippen molar-refractivity contribution in [3.63, 3.8) is 0 Å². The van der Waals surface area contributed by atoms with Crippen molar-refractivity contribution >= 4 is 67.3 Å². The first-order valence-corrected chi connectivity index (χ1v) is 9.74. The van der Waals surface area contributed by atoms with Crippen LogP contribution in [0.25, 0.3) is 6.08 Å². The van der Waals surface area contributed by atoms with Gasteiger partial charge >= 0.3 is 5.97 Å². The molecule has 0 N–H and O–H groups in total. The van der Waals surface area contributed by atoms with E-state index in [-0.39, 0.29) is 17.8 Å². The van der Waals surface area contributed by atoms with Crippen LogP contribution >= 0.6 is 45.2 Å². The van der Waals surface area contributed by atoms with Gasteiger partial charge in [-0.3, -0.25) is 0 Å². The summed E-state index contributed by atoms with van der Waals surface area (Å²) in [6.07, 6.45) is 2.88. The van der Waals surface area contributed by atoms with E-state index in [9.17, 15) is 17.8 Å². The van der Waals surface area contributed by atoms with E-state index in [1.54, 1.807) is 51.3 Å². The molecule has 23 heavy (non-hydrogen) atoms.